The number of hydrogen-bond donors (Lipinski definition) is 1. The fraction of sp³-hybridized carbons (Fsp3) is 0.357. The van der Waals surface area contributed by atoms with Gasteiger partial charge in [-0.05, 0) is 36.5 Å². The number of likely N-dealkylation sites (tertiary alicyclic amines) is 1. The lowest BCUT2D eigenvalue weighted by molar-refractivity contribution is -0.136. The molecule has 0 spiro atoms. The molecule has 3 heterocycles. The van der Waals surface area contributed by atoms with Gasteiger partial charge in [-0.25, -0.2) is 9.37 Å². The fourth-order valence-electron chi connectivity index (χ4n) is 5.10. The molecule has 2 aromatic carbocycles. The van der Waals surface area contributed by atoms with Crippen LogP contribution in [0.3, 0.4) is 0 Å². The van der Waals surface area contributed by atoms with Crippen molar-refractivity contribution in [2.75, 3.05) is 13.1 Å². The first kappa shape index (κ1) is 24.8. The second-order valence-corrected chi connectivity index (χ2v) is 9.95. The SMILES string of the molecule is CC(CC(=O)N1CCC(O)(Cn2cnc3c(-c4ccccc4F)n(C)nc3c2=O)CC1)c1ccccc1. The van der Waals surface area contributed by atoms with E-state index in [0.717, 1.165) is 5.56 Å². The summed E-state index contributed by atoms with van der Waals surface area (Å²) in [7, 11) is 1.64. The summed E-state index contributed by atoms with van der Waals surface area (Å²) in [6.07, 6.45) is 2.50. The Morgan fingerprint density at radius 3 is 2.46 bits per heavy atom. The summed E-state index contributed by atoms with van der Waals surface area (Å²) in [5, 5.41) is 15.6. The molecular formula is C28H30FN5O3. The van der Waals surface area contributed by atoms with Crippen molar-refractivity contribution in [3.63, 3.8) is 0 Å². The van der Waals surface area contributed by atoms with Crippen LogP contribution in [0.2, 0.25) is 0 Å². The maximum atomic E-state index is 14.4. The average molecular weight is 504 g/mol. The molecule has 0 bridgehead atoms. The number of hydrogen-bond acceptors (Lipinski definition) is 5. The van der Waals surface area contributed by atoms with Gasteiger partial charge in [0.1, 0.15) is 11.3 Å². The maximum absolute atomic E-state index is 14.4. The van der Waals surface area contributed by atoms with Gasteiger partial charge in [0.05, 0.1) is 24.2 Å². The highest BCUT2D eigenvalue weighted by Crippen LogP contribution is 2.29. The molecule has 1 atom stereocenters. The Labute approximate surface area is 214 Å². The number of rotatable bonds is 6. The third-order valence-corrected chi connectivity index (χ3v) is 7.30. The Hall–Kier alpha value is -3.85. The molecule has 37 heavy (non-hydrogen) atoms. The van der Waals surface area contributed by atoms with E-state index in [2.05, 4.69) is 10.1 Å². The number of amides is 1. The summed E-state index contributed by atoms with van der Waals surface area (Å²) >= 11 is 0. The lowest BCUT2D eigenvalue weighted by Crippen LogP contribution is -2.49. The Balaban J connectivity index is 1.29. The molecule has 8 nitrogen and oxygen atoms in total. The van der Waals surface area contributed by atoms with Gasteiger partial charge in [-0.2, -0.15) is 5.10 Å². The lowest BCUT2D eigenvalue weighted by Gasteiger charge is -2.38. The molecule has 0 radical (unpaired) electrons. The molecule has 1 N–H and O–H groups in total. The van der Waals surface area contributed by atoms with Crippen molar-refractivity contribution < 1.29 is 14.3 Å². The summed E-state index contributed by atoms with van der Waals surface area (Å²) < 4.78 is 17.2. The summed E-state index contributed by atoms with van der Waals surface area (Å²) in [6, 6.07) is 16.2. The van der Waals surface area contributed by atoms with Gasteiger partial charge in [0.2, 0.25) is 5.91 Å². The van der Waals surface area contributed by atoms with Crippen molar-refractivity contribution in [1.29, 1.82) is 0 Å². The van der Waals surface area contributed by atoms with E-state index in [-0.39, 0.29) is 23.9 Å². The van der Waals surface area contributed by atoms with E-state index < -0.39 is 17.0 Å². The van der Waals surface area contributed by atoms with E-state index in [9.17, 15) is 19.1 Å². The van der Waals surface area contributed by atoms with Crippen LogP contribution in [0.5, 0.6) is 0 Å². The highest BCUT2D eigenvalue weighted by molar-refractivity contribution is 5.89. The molecular weight excluding hydrogens is 473 g/mol. The number of piperidine rings is 1. The van der Waals surface area contributed by atoms with E-state index in [0.29, 0.717) is 49.1 Å². The smallest absolute Gasteiger partial charge is 0.281 e. The van der Waals surface area contributed by atoms with Crippen LogP contribution in [-0.4, -0.2) is 53.9 Å². The molecule has 1 aliphatic rings. The minimum atomic E-state index is -1.15. The first-order valence-corrected chi connectivity index (χ1v) is 12.5. The first-order chi connectivity index (χ1) is 17.8. The van der Waals surface area contributed by atoms with Crippen molar-refractivity contribution in [3.05, 3.63) is 82.7 Å². The van der Waals surface area contributed by atoms with Gasteiger partial charge in [-0.1, -0.05) is 49.4 Å². The molecule has 9 heteroatoms. The van der Waals surface area contributed by atoms with Crippen LogP contribution in [0.25, 0.3) is 22.3 Å². The molecule has 0 saturated carbocycles. The predicted octanol–water partition coefficient (Wildman–Crippen LogP) is 3.48. The Morgan fingerprint density at radius 1 is 1.08 bits per heavy atom. The van der Waals surface area contributed by atoms with Crippen LogP contribution in [0, 0.1) is 5.82 Å². The van der Waals surface area contributed by atoms with E-state index in [1.54, 1.807) is 30.1 Å². The van der Waals surface area contributed by atoms with E-state index >= 15 is 0 Å². The normalized spacial score (nSPS) is 16.2. The van der Waals surface area contributed by atoms with Gasteiger partial charge in [0.15, 0.2) is 5.52 Å². The van der Waals surface area contributed by atoms with Crippen molar-refractivity contribution >= 4 is 16.9 Å². The molecule has 0 aliphatic carbocycles. The highest BCUT2D eigenvalue weighted by Gasteiger charge is 2.35. The Kier molecular flexibility index (Phi) is 6.64. The van der Waals surface area contributed by atoms with Gasteiger partial charge < -0.3 is 10.0 Å². The van der Waals surface area contributed by atoms with E-state index in [1.165, 1.54) is 21.6 Å². The summed E-state index contributed by atoms with van der Waals surface area (Å²) in [6.45, 7) is 2.92. The minimum Gasteiger partial charge on any atom is -0.388 e. The van der Waals surface area contributed by atoms with Crippen molar-refractivity contribution in [1.82, 2.24) is 24.2 Å². The molecule has 1 saturated heterocycles. The highest BCUT2D eigenvalue weighted by atomic mass is 19.1. The minimum absolute atomic E-state index is 0.0445. The second-order valence-electron chi connectivity index (χ2n) is 9.95. The van der Waals surface area contributed by atoms with Crippen LogP contribution in [0.4, 0.5) is 4.39 Å². The third-order valence-electron chi connectivity index (χ3n) is 7.30. The van der Waals surface area contributed by atoms with Gasteiger partial charge in [-0.3, -0.25) is 18.8 Å². The fourth-order valence-corrected chi connectivity index (χ4v) is 5.10. The number of aliphatic hydroxyl groups is 1. The average Bonchev–Trinajstić information content (AvgIpc) is 3.23. The quantitative estimate of drug-likeness (QED) is 0.435. The van der Waals surface area contributed by atoms with Crippen LogP contribution < -0.4 is 5.56 Å². The molecule has 1 fully saturated rings. The van der Waals surface area contributed by atoms with Gasteiger partial charge in [0.25, 0.3) is 5.56 Å². The number of aromatic nitrogens is 4. The molecule has 1 amide bonds. The lowest BCUT2D eigenvalue weighted by atomic mass is 9.90. The molecule has 4 aromatic rings. The molecule has 2 aromatic heterocycles. The molecule has 192 valence electrons. The van der Waals surface area contributed by atoms with Crippen LogP contribution in [0.1, 0.15) is 37.7 Å². The van der Waals surface area contributed by atoms with E-state index in [4.69, 9.17) is 0 Å². The zero-order valence-electron chi connectivity index (χ0n) is 21.0. The van der Waals surface area contributed by atoms with Crippen molar-refractivity contribution in [3.8, 4) is 11.3 Å². The number of aryl methyl sites for hydroxylation is 1. The zero-order chi connectivity index (χ0) is 26.2. The van der Waals surface area contributed by atoms with Crippen LogP contribution in [-0.2, 0) is 18.4 Å². The summed E-state index contributed by atoms with van der Waals surface area (Å²) in [4.78, 5) is 32.3. The van der Waals surface area contributed by atoms with E-state index in [1.807, 2.05) is 37.3 Å². The van der Waals surface area contributed by atoms with Gasteiger partial charge in [0, 0.05) is 32.1 Å². The molecule has 1 unspecified atom stereocenters. The molecule has 1 aliphatic heterocycles. The third kappa shape index (κ3) is 4.91. The number of carbonyl (C=O) groups excluding carboxylic acids is 1. The first-order valence-electron chi connectivity index (χ1n) is 12.5. The largest absolute Gasteiger partial charge is 0.388 e. The number of carbonyl (C=O) groups is 1. The zero-order valence-corrected chi connectivity index (χ0v) is 21.0. The molecule has 5 rings (SSSR count). The predicted molar refractivity (Wildman–Crippen MR) is 138 cm³/mol. The number of benzene rings is 2. The van der Waals surface area contributed by atoms with Gasteiger partial charge >= 0.3 is 0 Å². The Morgan fingerprint density at radius 2 is 1.76 bits per heavy atom. The standard InChI is InChI=1S/C28H30FN5O3/c1-19(20-8-4-3-5-9-20)16-23(35)33-14-12-28(37,13-15-33)17-34-18-30-24-25(27(34)36)31-32(2)26(24)21-10-6-7-11-22(21)29/h3-11,18-19,37H,12-17H2,1-2H3. The number of nitrogens with zero attached hydrogens (tertiary/aromatic N) is 5. The van der Waals surface area contributed by atoms with Crippen LogP contribution in [0.15, 0.2) is 65.7 Å². The topological polar surface area (TPSA) is 93.2 Å². The van der Waals surface area contributed by atoms with Crippen LogP contribution >= 0.6 is 0 Å². The maximum Gasteiger partial charge on any atom is 0.281 e. The second kappa shape index (κ2) is 9.89. The van der Waals surface area contributed by atoms with Gasteiger partial charge in [-0.15, -0.1) is 0 Å². The van der Waals surface area contributed by atoms with Crippen molar-refractivity contribution in [2.45, 2.75) is 44.2 Å². The summed E-state index contributed by atoms with van der Waals surface area (Å²) in [5.74, 6) is -0.251. The Bertz CT molecular complexity index is 1490. The van der Waals surface area contributed by atoms with Crippen molar-refractivity contribution in [2.24, 2.45) is 7.05 Å². The summed E-state index contributed by atoms with van der Waals surface area (Å²) in [5.41, 5.74) is 0.751. The monoisotopic (exact) mass is 503 g/mol. The number of halogens is 1. The number of fused-ring (bicyclic) bond motifs is 1.